The maximum atomic E-state index is 12.5. The van der Waals surface area contributed by atoms with E-state index in [0.717, 1.165) is 37.4 Å². The Balaban J connectivity index is 1.51. The molecule has 6 nitrogen and oxygen atoms in total. The van der Waals surface area contributed by atoms with Gasteiger partial charge in [0, 0.05) is 25.4 Å². The van der Waals surface area contributed by atoms with E-state index in [4.69, 9.17) is 5.73 Å². The van der Waals surface area contributed by atoms with Crippen molar-refractivity contribution in [3.05, 3.63) is 17.5 Å². The smallest absolute Gasteiger partial charge is 0.252 e. The zero-order valence-electron chi connectivity index (χ0n) is 14.3. The van der Waals surface area contributed by atoms with Gasteiger partial charge in [-0.25, -0.2) is 0 Å². The second kappa shape index (κ2) is 7.81. The Morgan fingerprint density at radius 1 is 1.25 bits per heavy atom. The van der Waals surface area contributed by atoms with Gasteiger partial charge in [0.1, 0.15) is 0 Å². The lowest BCUT2D eigenvalue weighted by Gasteiger charge is -2.32. The van der Waals surface area contributed by atoms with Crippen LogP contribution in [0.1, 0.15) is 79.8 Å². The Hall–Kier alpha value is -1.85. The van der Waals surface area contributed by atoms with Crippen molar-refractivity contribution in [3.8, 4) is 0 Å². The lowest BCUT2D eigenvalue weighted by atomic mass is 9.92. The Labute approximate surface area is 143 Å². The zero-order chi connectivity index (χ0) is 16.9. The van der Waals surface area contributed by atoms with Crippen LogP contribution in [0.4, 0.5) is 0 Å². The lowest BCUT2D eigenvalue weighted by Crippen LogP contribution is -2.39. The van der Waals surface area contributed by atoms with Crippen molar-refractivity contribution in [3.63, 3.8) is 0 Å². The molecule has 1 saturated carbocycles. The molecule has 3 N–H and O–H groups in total. The van der Waals surface area contributed by atoms with Crippen molar-refractivity contribution in [1.82, 2.24) is 15.1 Å². The number of nitrogens with zero attached hydrogens (tertiary/aromatic N) is 2. The first kappa shape index (κ1) is 17.0. The van der Waals surface area contributed by atoms with Gasteiger partial charge in [-0.2, -0.15) is 5.10 Å². The average Bonchev–Trinajstić information content (AvgIpc) is 3.26. The summed E-state index contributed by atoms with van der Waals surface area (Å²) in [4.78, 5) is 26.0. The number of carbonyl (C=O) groups excluding carboxylic acids is 2. The molecule has 3 rings (SSSR count). The Bertz CT molecular complexity index is 577. The molecule has 1 atom stereocenters. The summed E-state index contributed by atoms with van der Waals surface area (Å²) in [5, 5.41) is 6.86. The highest BCUT2D eigenvalue weighted by molar-refractivity contribution is 5.93. The molecular formula is C18H28N4O2. The molecule has 2 fully saturated rings. The van der Waals surface area contributed by atoms with Gasteiger partial charge >= 0.3 is 0 Å². The third-order valence-corrected chi connectivity index (χ3v) is 5.59. The quantitative estimate of drug-likeness (QED) is 0.838. The number of carbonyl (C=O) groups is 2. The molecule has 1 aromatic rings. The Kier molecular flexibility index (Phi) is 5.53. The van der Waals surface area contributed by atoms with Crippen LogP contribution in [0.5, 0.6) is 0 Å². The molecule has 24 heavy (non-hydrogen) atoms. The van der Waals surface area contributed by atoms with E-state index in [-0.39, 0.29) is 11.8 Å². The van der Waals surface area contributed by atoms with Crippen LogP contribution in [0.2, 0.25) is 0 Å². The SMILES string of the molecule is NC(=O)c1cn[nH]c1C1CCCN(C(=O)CCCC2CCCC2)C1. The highest BCUT2D eigenvalue weighted by atomic mass is 16.2. The highest BCUT2D eigenvalue weighted by Gasteiger charge is 2.28. The number of hydrogen-bond acceptors (Lipinski definition) is 3. The number of aromatic nitrogens is 2. The molecular weight excluding hydrogens is 304 g/mol. The van der Waals surface area contributed by atoms with Crippen molar-refractivity contribution in [2.45, 2.75) is 63.7 Å². The van der Waals surface area contributed by atoms with Crippen LogP contribution in [0.3, 0.4) is 0 Å². The zero-order valence-corrected chi connectivity index (χ0v) is 14.3. The van der Waals surface area contributed by atoms with E-state index in [0.29, 0.717) is 18.5 Å². The molecule has 0 radical (unpaired) electrons. The highest BCUT2D eigenvalue weighted by Crippen LogP contribution is 2.30. The number of hydrogen-bond donors (Lipinski definition) is 2. The van der Waals surface area contributed by atoms with Crippen LogP contribution in [0, 0.1) is 5.92 Å². The summed E-state index contributed by atoms with van der Waals surface area (Å²) in [6.45, 7) is 1.48. The first-order chi connectivity index (χ1) is 11.6. The molecule has 1 unspecified atom stereocenters. The normalized spacial score (nSPS) is 22.0. The van der Waals surface area contributed by atoms with Crippen LogP contribution >= 0.6 is 0 Å². The maximum Gasteiger partial charge on any atom is 0.252 e. The minimum absolute atomic E-state index is 0.127. The van der Waals surface area contributed by atoms with Crippen molar-refractivity contribution in [1.29, 1.82) is 0 Å². The van der Waals surface area contributed by atoms with Gasteiger partial charge in [-0.3, -0.25) is 14.7 Å². The van der Waals surface area contributed by atoms with Crippen LogP contribution in [-0.2, 0) is 4.79 Å². The molecule has 1 aliphatic carbocycles. The fraction of sp³-hybridized carbons (Fsp3) is 0.722. The summed E-state index contributed by atoms with van der Waals surface area (Å²) in [5.74, 6) is 0.758. The van der Waals surface area contributed by atoms with Gasteiger partial charge in [0.15, 0.2) is 0 Å². The monoisotopic (exact) mass is 332 g/mol. The second-order valence-corrected chi connectivity index (χ2v) is 7.28. The summed E-state index contributed by atoms with van der Waals surface area (Å²) >= 11 is 0. The van der Waals surface area contributed by atoms with E-state index in [1.54, 1.807) is 0 Å². The largest absolute Gasteiger partial charge is 0.365 e. The molecule has 2 heterocycles. The number of nitrogens with two attached hydrogens (primary N) is 1. The number of nitrogens with one attached hydrogen (secondary N) is 1. The van der Waals surface area contributed by atoms with Gasteiger partial charge in [0.2, 0.25) is 5.91 Å². The molecule has 132 valence electrons. The summed E-state index contributed by atoms with van der Waals surface area (Å²) in [6, 6.07) is 0. The van der Waals surface area contributed by atoms with E-state index < -0.39 is 5.91 Å². The number of amides is 2. The number of likely N-dealkylation sites (tertiary alicyclic amines) is 1. The third kappa shape index (κ3) is 3.97. The van der Waals surface area contributed by atoms with Gasteiger partial charge in [0.25, 0.3) is 5.91 Å². The van der Waals surface area contributed by atoms with Gasteiger partial charge < -0.3 is 10.6 Å². The number of rotatable bonds is 6. The van der Waals surface area contributed by atoms with Crippen LogP contribution in [-0.4, -0.2) is 40.0 Å². The molecule has 6 heteroatoms. The number of primary amides is 1. The van der Waals surface area contributed by atoms with E-state index in [1.807, 2.05) is 4.90 Å². The number of piperidine rings is 1. The Morgan fingerprint density at radius 3 is 2.79 bits per heavy atom. The summed E-state index contributed by atoms with van der Waals surface area (Å²) in [6.07, 6.45) is 11.6. The molecule has 2 amide bonds. The van der Waals surface area contributed by atoms with E-state index in [2.05, 4.69) is 10.2 Å². The van der Waals surface area contributed by atoms with Crippen molar-refractivity contribution in [2.75, 3.05) is 13.1 Å². The third-order valence-electron chi connectivity index (χ3n) is 5.59. The number of H-pyrrole nitrogens is 1. The fourth-order valence-electron chi connectivity index (χ4n) is 4.24. The first-order valence-corrected chi connectivity index (χ1v) is 9.26. The molecule has 0 bridgehead atoms. The van der Waals surface area contributed by atoms with Crippen LogP contribution in [0.25, 0.3) is 0 Å². The van der Waals surface area contributed by atoms with Crippen molar-refractivity contribution >= 4 is 11.8 Å². The topological polar surface area (TPSA) is 92.1 Å². The average molecular weight is 332 g/mol. The molecule has 0 aromatic carbocycles. The molecule has 2 aliphatic rings. The lowest BCUT2D eigenvalue weighted by molar-refractivity contribution is -0.132. The van der Waals surface area contributed by atoms with Gasteiger partial charge in [0.05, 0.1) is 17.5 Å². The van der Waals surface area contributed by atoms with E-state index >= 15 is 0 Å². The standard InChI is InChI=1S/C18H28N4O2/c19-18(24)15-11-20-21-17(15)14-8-4-10-22(12-14)16(23)9-3-7-13-5-1-2-6-13/h11,13-14H,1-10,12H2,(H2,19,24)(H,20,21). The minimum Gasteiger partial charge on any atom is -0.365 e. The maximum absolute atomic E-state index is 12.5. The molecule has 1 aliphatic heterocycles. The van der Waals surface area contributed by atoms with Gasteiger partial charge in [-0.1, -0.05) is 25.7 Å². The van der Waals surface area contributed by atoms with Crippen molar-refractivity contribution < 1.29 is 9.59 Å². The minimum atomic E-state index is -0.459. The first-order valence-electron chi connectivity index (χ1n) is 9.26. The van der Waals surface area contributed by atoms with Crippen LogP contribution in [0.15, 0.2) is 6.20 Å². The summed E-state index contributed by atoms with van der Waals surface area (Å²) < 4.78 is 0. The fourth-order valence-corrected chi connectivity index (χ4v) is 4.24. The second-order valence-electron chi connectivity index (χ2n) is 7.28. The molecule has 1 aromatic heterocycles. The van der Waals surface area contributed by atoms with Gasteiger partial charge in [-0.05, 0) is 31.6 Å². The molecule has 0 spiro atoms. The van der Waals surface area contributed by atoms with E-state index in [1.165, 1.54) is 38.3 Å². The summed E-state index contributed by atoms with van der Waals surface area (Å²) in [5.41, 5.74) is 6.64. The van der Waals surface area contributed by atoms with Crippen molar-refractivity contribution in [2.24, 2.45) is 11.7 Å². The van der Waals surface area contributed by atoms with E-state index in [9.17, 15) is 9.59 Å². The summed E-state index contributed by atoms with van der Waals surface area (Å²) in [7, 11) is 0. The predicted molar refractivity (Wildman–Crippen MR) is 91.5 cm³/mol. The Morgan fingerprint density at radius 2 is 2.04 bits per heavy atom. The predicted octanol–water partition coefficient (Wildman–Crippen LogP) is 2.58. The number of aromatic amines is 1. The van der Waals surface area contributed by atoms with Gasteiger partial charge in [-0.15, -0.1) is 0 Å². The van der Waals surface area contributed by atoms with Crippen LogP contribution < -0.4 is 5.73 Å². The molecule has 1 saturated heterocycles.